The molecule has 1 unspecified atom stereocenters. The Morgan fingerprint density at radius 3 is 2.75 bits per heavy atom. The maximum Gasteiger partial charge on any atom is 0.451 e. The van der Waals surface area contributed by atoms with E-state index in [1.165, 1.54) is 6.33 Å². The first-order chi connectivity index (χ1) is 13.5. The number of aromatic nitrogens is 4. The van der Waals surface area contributed by atoms with Gasteiger partial charge in [-0.15, -0.1) is 0 Å². The minimum absolute atomic E-state index is 0.0235. The molecule has 1 aliphatic heterocycles. The highest BCUT2D eigenvalue weighted by Crippen LogP contribution is 2.33. The summed E-state index contributed by atoms with van der Waals surface area (Å²) in [5, 5.41) is 0. The van der Waals surface area contributed by atoms with E-state index in [0.717, 1.165) is 0 Å². The predicted octanol–water partition coefficient (Wildman–Crippen LogP) is 3.43. The molecule has 10 heteroatoms. The van der Waals surface area contributed by atoms with Crippen LogP contribution in [0.5, 0.6) is 11.5 Å². The molecular weight excluding hydrogens is 375 g/mol. The molecule has 3 aromatic rings. The van der Waals surface area contributed by atoms with Crippen LogP contribution in [0.4, 0.5) is 19.0 Å². The number of nitrogens with zero attached hydrogens (tertiary/aromatic N) is 4. The van der Waals surface area contributed by atoms with E-state index in [0.29, 0.717) is 43.1 Å². The molecule has 28 heavy (non-hydrogen) atoms. The van der Waals surface area contributed by atoms with Gasteiger partial charge in [-0.3, -0.25) is 0 Å². The lowest BCUT2D eigenvalue weighted by atomic mass is 10.2. The van der Waals surface area contributed by atoms with Crippen molar-refractivity contribution >= 4 is 17.0 Å². The van der Waals surface area contributed by atoms with Crippen LogP contribution in [0, 0.1) is 0 Å². The van der Waals surface area contributed by atoms with Crippen molar-refractivity contribution in [3.05, 3.63) is 36.4 Å². The van der Waals surface area contributed by atoms with Crippen LogP contribution in [0.25, 0.3) is 11.2 Å². The summed E-state index contributed by atoms with van der Waals surface area (Å²) in [6, 6.07) is 7.29. The summed E-state index contributed by atoms with van der Waals surface area (Å²) in [7, 11) is 0. The molecule has 0 bridgehead atoms. The van der Waals surface area contributed by atoms with Crippen molar-refractivity contribution in [3.63, 3.8) is 0 Å². The molecule has 1 atom stereocenters. The van der Waals surface area contributed by atoms with Gasteiger partial charge in [0.1, 0.15) is 12.1 Å². The standard InChI is InChI=1S/C18H18F3N5O2/c1-2-7-26(8-11-9-27-12-5-3-4-6-13(12)28-11)16-14-15(23-10-22-14)24-17(25-16)18(19,20)21/h3-6,10-11H,2,7-9H2,1H3,(H,22,23,24,25). The van der Waals surface area contributed by atoms with Crippen LogP contribution in [0.1, 0.15) is 19.2 Å². The number of benzene rings is 1. The van der Waals surface area contributed by atoms with Crippen LogP contribution >= 0.6 is 0 Å². The first kappa shape index (κ1) is 18.3. The highest BCUT2D eigenvalue weighted by molar-refractivity contribution is 5.83. The molecule has 0 fully saturated rings. The third kappa shape index (κ3) is 3.54. The number of ether oxygens (including phenoxy) is 2. The highest BCUT2D eigenvalue weighted by atomic mass is 19.4. The second-order valence-electron chi connectivity index (χ2n) is 6.41. The largest absolute Gasteiger partial charge is 0.486 e. The number of hydrogen-bond donors (Lipinski definition) is 1. The number of imidazole rings is 1. The van der Waals surface area contributed by atoms with Crippen molar-refractivity contribution in [2.45, 2.75) is 25.6 Å². The fourth-order valence-corrected chi connectivity index (χ4v) is 3.13. The Morgan fingerprint density at radius 2 is 2.00 bits per heavy atom. The summed E-state index contributed by atoms with van der Waals surface area (Å²) in [6.45, 7) is 3.03. The third-order valence-corrected chi connectivity index (χ3v) is 4.30. The normalized spacial score (nSPS) is 16.4. The fourth-order valence-electron chi connectivity index (χ4n) is 3.13. The van der Waals surface area contributed by atoms with Crippen molar-refractivity contribution in [2.75, 3.05) is 24.6 Å². The van der Waals surface area contributed by atoms with Gasteiger partial charge in [-0.05, 0) is 18.6 Å². The van der Waals surface area contributed by atoms with Crippen LogP contribution in [0.15, 0.2) is 30.6 Å². The number of hydrogen-bond acceptors (Lipinski definition) is 6. The average Bonchev–Trinajstić information content (AvgIpc) is 3.15. The van der Waals surface area contributed by atoms with Crippen molar-refractivity contribution in [2.24, 2.45) is 0 Å². The van der Waals surface area contributed by atoms with Crippen molar-refractivity contribution in [1.29, 1.82) is 0 Å². The van der Waals surface area contributed by atoms with Gasteiger partial charge < -0.3 is 19.4 Å². The summed E-state index contributed by atoms with van der Waals surface area (Å²) in [5.74, 6) is 0.201. The number of anilines is 1. The van der Waals surface area contributed by atoms with Gasteiger partial charge in [0, 0.05) is 6.54 Å². The zero-order chi connectivity index (χ0) is 19.7. The Morgan fingerprint density at radius 1 is 1.21 bits per heavy atom. The van der Waals surface area contributed by atoms with E-state index >= 15 is 0 Å². The lowest BCUT2D eigenvalue weighted by Gasteiger charge is -2.32. The molecular formula is C18H18F3N5O2. The second-order valence-corrected chi connectivity index (χ2v) is 6.41. The van der Waals surface area contributed by atoms with Crippen LogP contribution in [-0.2, 0) is 6.18 Å². The molecule has 0 amide bonds. The zero-order valence-corrected chi connectivity index (χ0v) is 15.0. The SMILES string of the molecule is CCCN(CC1COc2ccccc2O1)c1nc(C(F)(F)F)nc2nc[nH]c12. The minimum Gasteiger partial charge on any atom is -0.486 e. The second kappa shape index (κ2) is 7.17. The van der Waals surface area contributed by atoms with Crippen molar-refractivity contribution in [1.82, 2.24) is 19.9 Å². The van der Waals surface area contributed by atoms with Crippen LogP contribution in [0.2, 0.25) is 0 Å². The monoisotopic (exact) mass is 393 g/mol. The Hall–Kier alpha value is -3.04. The van der Waals surface area contributed by atoms with E-state index in [1.807, 2.05) is 25.1 Å². The molecule has 0 aliphatic carbocycles. The molecule has 7 nitrogen and oxygen atoms in total. The summed E-state index contributed by atoms with van der Waals surface area (Å²) in [5.41, 5.74) is 0.336. The summed E-state index contributed by atoms with van der Waals surface area (Å²) in [6.07, 6.45) is -3.00. The highest BCUT2D eigenvalue weighted by Gasteiger charge is 2.37. The molecule has 1 aliphatic rings. The van der Waals surface area contributed by atoms with Gasteiger partial charge in [0.15, 0.2) is 29.1 Å². The van der Waals surface area contributed by atoms with Crippen LogP contribution < -0.4 is 14.4 Å². The number of aromatic amines is 1. The number of alkyl halides is 3. The van der Waals surface area contributed by atoms with E-state index in [9.17, 15) is 13.2 Å². The summed E-state index contributed by atoms with van der Waals surface area (Å²) >= 11 is 0. The number of nitrogens with one attached hydrogen (secondary N) is 1. The number of para-hydroxylation sites is 2. The zero-order valence-electron chi connectivity index (χ0n) is 15.0. The van der Waals surface area contributed by atoms with E-state index in [4.69, 9.17) is 9.47 Å². The lowest BCUT2D eigenvalue weighted by molar-refractivity contribution is -0.144. The number of rotatable bonds is 5. The fraction of sp³-hybridized carbons (Fsp3) is 0.389. The third-order valence-electron chi connectivity index (χ3n) is 4.30. The molecule has 0 spiro atoms. The molecule has 0 saturated carbocycles. The van der Waals surface area contributed by atoms with E-state index in [-0.39, 0.29) is 17.6 Å². The van der Waals surface area contributed by atoms with Crippen LogP contribution in [-0.4, -0.2) is 45.7 Å². The topological polar surface area (TPSA) is 76.2 Å². The van der Waals surface area contributed by atoms with E-state index in [1.54, 1.807) is 11.0 Å². The number of halogens is 3. The molecule has 148 valence electrons. The van der Waals surface area contributed by atoms with Crippen LogP contribution in [0.3, 0.4) is 0 Å². The Bertz CT molecular complexity index is 975. The first-order valence-corrected chi connectivity index (χ1v) is 8.87. The van der Waals surface area contributed by atoms with Gasteiger partial charge in [0.25, 0.3) is 0 Å². The summed E-state index contributed by atoms with van der Waals surface area (Å²) in [4.78, 5) is 15.8. The average molecular weight is 393 g/mol. The first-order valence-electron chi connectivity index (χ1n) is 8.87. The maximum absolute atomic E-state index is 13.2. The molecule has 0 saturated heterocycles. The van der Waals surface area contributed by atoms with Gasteiger partial charge >= 0.3 is 6.18 Å². The van der Waals surface area contributed by atoms with E-state index in [2.05, 4.69) is 19.9 Å². The molecule has 4 rings (SSSR count). The Kier molecular flexibility index (Phi) is 4.70. The van der Waals surface area contributed by atoms with Gasteiger partial charge in [-0.2, -0.15) is 13.2 Å². The number of fused-ring (bicyclic) bond motifs is 2. The molecule has 2 aromatic heterocycles. The number of H-pyrrole nitrogens is 1. The van der Waals surface area contributed by atoms with Gasteiger partial charge in [0.2, 0.25) is 5.82 Å². The predicted molar refractivity (Wildman–Crippen MR) is 95.5 cm³/mol. The Labute approximate surface area is 158 Å². The molecule has 1 N–H and O–H groups in total. The minimum atomic E-state index is -4.66. The lowest BCUT2D eigenvalue weighted by Crippen LogP contribution is -2.42. The Balaban J connectivity index is 1.66. The van der Waals surface area contributed by atoms with Gasteiger partial charge in [0.05, 0.1) is 12.9 Å². The van der Waals surface area contributed by atoms with Gasteiger partial charge in [-0.1, -0.05) is 19.1 Å². The smallest absolute Gasteiger partial charge is 0.451 e. The van der Waals surface area contributed by atoms with Gasteiger partial charge in [-0.25, -0.2) is 15.0 Å². The quantitative estimate of drug-likeness (QED) is 0.716. The summed E-state index contributed by atoms with van der Waals surface area (Å²) < 4.78 is 51.4. The molecule has 1 aromatic carbocycles. The van der Waals surface area contributed by atoms with Crippen molar-refractivity contribution in [3.8, 4) is 11.5 Å². The van der Waals surface area contributed by atoms with Crippen molar-refractivity contribution < 1.29 is 22.6 Å². The maximum atomic E-state index is 13.2. The molecule has 0 radical (unpaired) electrons. The molecule has 3 heterocycles. The van der Waals surface area contributed by atoms with E-state index < -0.39 is 12.0 Å².